The third kappa shape index (κ3) is 5.46. The van der Waals surface area contributed by atoms with E-state index in [9.17, 15) is 0 Å². The zero-order chi connectivity index (χ0) is 46.3. The lowest BCUT2D eigenvalue weighted by Crippen LogP contribution is -1.94. The molecule has 5 nitrogen and oxygen atoms in total. The van der Waals surface area contributed by atoms with Crippen molar-refractivity contribution in [2.24, 2.45) is 0 Å². The molecule has 0 radical (unpaired) electrons. The first-order valence-electron chi connectivity index (χ1n) is 24.1. The van der Waals surface area contributed by atoms with Crippen molar-refractivity contribution in [3.63, 3.8) is 0 Å². The molecule has 5 heteroatoms. The summed E-state index contributed by atoms with van der Waals surface area (Å²) >= 11 is 0. The van der Waals surface area contributed by atoms with E-state index in [0.717, 1.165) is 133 Å². The van der Waals surface area contributed by atoms with Gasteiger partial charge in [0.1, 0.15) is 22.3 Å². The fraction of sp³-hybridized carbons (Fsp3) is 0. The molecule has 0 aliphatic rings. The highest BCUT2D eigenvalue weighted by Gasteiger charge is 2.23. The fourth-order valence-electron chi connectivity index (χ4n) is 11.9. The van der Waals surface area contributed by atoms with Crippen molar-refractivity contribution >= 4 is 109 Å². The SMILES string of the molecule is c1ccc2c(c1)oc1ccc(-c3cc(-c4cccc5c4c4ccccc4n5-c4cccc5c4oc4ccccc45)cc(-c4cccc5c4c4ccccc4n5-c4cccc5c4oc4ccccc45)c3)cc12. The van der Waals surface area contributed by atoms with Gasteiger partial charge in [0.2, 0.25) is 0 Å². The number of hydrogen-bond donors (Lipinski definition) is 0. The molecule has 11 aromatic carbocycles. The number of aromatic nitrogens is 2. The molecule has 0 aliphatic heterocycles. The molecular formula is C66H38N2O3. The second-order valence-corrected chi connectivity index (χ2v) is 18.7. The van der Waals surface area contributed by atoms with Crippen molar-refractivity contribution in [3.05, 3.63) is 231 Å². The lowest BCUT2D eigenvalue weighted by molar-refractivity contribution is 0.666. The first kappa shape index (κ1) is 38.4. The summed E-state index contributed by atoms with van der Waals surface area (Å²) in [6.45, 7) is 0. The van der Waals surface area contributed by atoms with Gasteiger partial charge in [-0.15, -0.1) is 0 Å². The largest absolute Gasteiger partial charge is 0.456 e. The average Bonchev–Trinajstić information content (AvgIpc) is 4.25. The zero-order valence-electron chi connectivity index (χ0n) is 38.1. The molecule has 5 heterocycles. The second kappa shape index (κ2) is 14.5. The summed E-state index contributed by atoms with van der Waals surface area (Å²) < 4.78 is 24.5. The minimum Gasteiger partial charge on any atom is -0.456 e. The van der Waals surface area contributed by atoms with Crippen LogP contribution in [-0.2, 0) is 0 Å². The molecule has 0 saturated heterocycles. The predicted octanol–water partition coefficient (Wildman–Crippen LogP) is 18.6. The van der Waals surface area contributed by atoms with Crippen molar-refractivity contribution in [2.45, 2.75) is 0 Å². The summed E-state index contributed by atoms with van der Waals surface area (Å²) in [5, 5.41) is 11.4. The van der Waals surface area contributed by atoms with Crippen LogP contribution in [0.5, 0.6) is 0 Å². The Bertz CT molecular complexity index is 4650. The Morgan fingerprint density at radius 1 is 0.239 bits per heavy atom. The monoisotopic (exact) mass is 906 g/mol. The van der Waals surface area contributed by atoms with Gasteiger partial charge in [0.15, 0.2) is 11.2 Å². The maximum atomic E-state index is 6.70. The second-order valence-electron chi connectivity index (χ2n) is 18.7. The molecule has 0 saturated carbocycles. The van der Waals surface area contributed by atoms with Gasteiger partial charge in [-0.05, 0) is 118 Å². The maximum absolute atomic E-state index is 6.70. The van der Waals surface area contributed by atoms with Gasteiger partial charge in [0, 0.05) is 53.9 Å². The van der Waals surface area contributed by atoms with Crippen molar-refractivity contribution < 1.29 is 13.3 Å². The number of para-hydroxylation sites is 7. The molecular weight excluding hydrogens is 869 g/mol. The maximum Gasteiger partial charge on any atom is 0.159 e. The van der Waals surface area contributed by atoms with E-state index in [-0.39, 0.29) is 0 Å². The minimum atomic E-state index is 0.872. The van der Waals surface area contributed by atoms with Crippen LogP contribution in [0.15, 0.2) is 244 Å². The number of fused-ring (bicyclic) bond motifs is 15. The standard InChI is InChI=1S/C66H38N2O3/c1-6-24-53-50(18-1)63-43(20-11-26-55(63)67(53)57-28-13-22-48-45-15-3-9-31-60(45)70-65(48)57)41-35-40(39-33-34-62-52(38-39)47-17-5-8-30-59(47)69-62)36-42(37-41)44-21-12-27-56-64(44)51-19-2-7-25-54(51)68(56)58-29-14-23-49-46-16-4-10-32-61(46)71-66(49)58/h1-38H. The molecule has 0 aliphatic carbocycles. The Kier molecular flexibility index (Phi) is 7.82. The van der Waals surface area contributed by atoms with Crippen LogP contribution in [-0.4, -0.2) is 9.13 Å². The molecule has 16 rings (SSSR count). The van der Waals surface area contributed by atoms with Crippen LogP contribution in [0.4, 0.5) is 0 Å². The Balaban J connectivity index is 0.977. The van der Waals surface area contributed by atoms with Crippen LogP contribution < -0.4 is 0 Å². The van der Waals surface area contributed by atoms with E-state index in [1.807, 2.05) is 24.3 Å². The van der Waals surface area contributed by atoms with Crippen LogP contribution in [0.2, 0.25) is 0 Å². The van der Waals surface area contributed by atoms with Crippen LogP contribution >= 0.6 is 0 Å². The van der Waals surface area contributed by atoms with Crippen LogP contribution in [0, 0.1) is 0 Å². The quantitative estimate of drug-likeness (QED) is 0.173. The van der Waals surface area contributed by atoms with Crippen LogP contribution in [0.3, 0.4) is 0 Å². The normalized spacial score (nSPS) is 12.2. The van der Waals surface area contributed by atoms with E-state index in [0.29, 0.717) is 0 Å². The minimum absolute atomic E-state index is 0.872. The lowest BCUT2D eigenvalue weighted by atomic mass is 9.90. The van der Waals surface area contributed by atoms with E-state index >= 15 is 0 Å². The van der Waals surface area contributed by atoms with E-state index < -0.39 is 0 Å². The molecule has 330 valence electrons. The molecule has 0 unspecified atom stereocenters. The van der Waals surface area contributed by atoms with E-state index in [1.165, 1.54) is 21.5 Å². The Hall–Kier alpha value is -9.58. The third-order valence-corrected chi connectivity index (χ3v) is 14.9. The van der Waals surface area contributed by atoms with Gasteiger partial charge in [-0.2, -0.15) is 0 Å². The third-order valence-electron chi connectivity index (χ3n) is 14.9. The number of benzene rings is 11. The molecule has 71 heavy (non-hydrogen) atoms. The van der Waals surface area contributed by atoms with Crippen molar-refractivity contribution in [3.8, 4) is 44.8 Å². The van der Waals surface area contributed by atoms with Gasteiger partial charge in [-0.25, -0.2) is 0 Å². The first-order chi connectivity index (χ1) is 35.2. The summed E-state index contributed by atoms with van der Waals surface area (Å²) in [5.74, 6) is 0. The highest BCUT2D eigenvalue weighted by atomic mass is 16.3. The Labute approximate surface area is 405 Å². The summed E-state index contributed by atoms with van der Waals surface area (Å²) in [4.78, 5) is 0. The number of furan rings is 3. The van der Waals surface area contributed by atoms with Gasteiger partial charge in [-0.1, -0.05) is 146 Å². The van der Waals surface area contributed by atoms with E-state index in [4.69, 9.17) is 13.3 Å². The van der Waals surface area contributed by atoms with Gasteiger partial charge in [0.05, 0.1) is 33.4 Å². The Morgan fingerprint density at radius 3 is 1.17 bits per heavy atom. The van der Waals surface area contributed by atoms with E-state index in [2.05, 4.69) is 215 Å². The van der Waals surface area contributed by atoms with E-state index in [1.54, 1.807) is 0 Å². The highest BCUT2D eigenvalue weighted by molar-refractivity contribution is 6.20. The molecule has 0 spiro atoms. The summed E-state index contributed by atoms with van der Waals surface area (Å²) in [7, 11) is 0. The lowest BCUT2D eigenvalue weighted by Gasteiger charge is -2.14. The molecule has 0 bridgehead atoms. The van der Waals surface area contributed by atoms with Gasteiger partial charge in [-0.3, -0.25) is 0 Å². The molecule has 0 amide bonds. The number of hydrogen-bond acceptors (Lipinski definition) is 3. The van der Waals surface area contributed by atoms with Crippen LogP contribution in [0.25, 0.3) is 154 Å². The number of nitrogens with zero attached hydrogens (tertiary/aromatic N) is 2. The number of rotatable bonds is 5. The molecule has 0 N–H and O–H groups in total. The van der Waals surface area contributed by atoms with Gasteiger partial charge < -0.3 is 22.4 Å². The highest BCUT2D eigenvalue weighted by Crippen LogP contribution is 2.46. The van der Waals surface area contributed by atoms with Crippen molar-refractivity contribution in [1.29, 1.82) is 0 Å². The van der Waals surface area contributed by atoms with Crippen LogP contribution in [0.1, 0.15) is 0 Å². The summed E-state index contributed by atoms with van der Waals surface area (Å²) in [5.41, 5.74) is 18.5. The van der Waals surface area contributed by atoms with Crippen molar-refractivity contribution in [2.75, 3.05) is 0 Å². The fourth-order valence-corrected chi connectivity index (χ4v) is 11.9. The summed E-state index contributed by atoms with van der Waals surface area (Å²) in [6.07, 6.45) is 0. The topological polar surface area (TPSA) is 49.3 Å². The van der Waals surface area contributed by atoms with Gasteiger partial charge >= 0.3 is 0 Å². The predicted molar refractivity (Wildman–Crippen MR) is 293 cm³/mol. The van der Waals surface area contributed by atoms with Crippen molar-refractivity contribution in [1.82, 2.24) is 9.13 Å². The summed E-state index contributed by atoms with van der Waals surface area (Å²) in [6, 6.07) is 82.8. The average molecular weight is 907 g/mol. The zero-order valence-corrected chi connectivity index (χ0v) is 38.1. The Morgan fingerprint density at radius 2 is 0.634 bits per heavy atom. The molecule has 0 atom stereocenters. The molecule has 16 aromatic rings. The molecule has 0 fully saturated rings. The first-order valence-corrected chi connectivity index (χ1v) is 24.1. The smallest absolute Gasteiger partial charge is 0.159 e. The molecule has 5 aromatic heterocycles. The van der Waals surface area contributed by atoms with Gasteiger partial charge in [0.25, 0.3) is 0 Å².